The monoisotopic (exact) mass is 758 g/mol. The summed E-state index contributed by atoms with van der Waals surface area (Å²) >= 11 is 37.3. The van der Waals surface area contributed by atoms with E-state index in [0.717, 1.165) is 12.1 Å². The summed E-state index contributed by atoms with van der Waals surface area (Å²) in [6, 6.07) is 2.23. The van der Waals surface area contributed by atoms with Crippen LogP contribution in [0.25, 0.3) is 0 Å². The number of hydrogen-bond acceptors (Lipinski definition) is 8. The zero-order valence-electron chi connectivity index (χ0n) is 26.6. The molecule has 0 N–H and O–H groups in total. The van der Waals surface area contributed by atoms with Crippen LogP contribution in [0.15, 0.2) is 12.1 Å². The second-order valence-electron chi connectivity index (χ2n) is 11.9. The van der Waals surface area contributed by atoms with Gasteiger partial charge in [-0.3, -0.25) is 0 Å². The van der Waals surface area contributed by atoms with Crippen molar-refractivity contribution in [1.82, 2.24) is 0 Å². The first-order valence-electron chi connectivity index (χ1n) is 14.4. The number of hydrogen-bond donors (Lipinski definition) is 0. The van der Waals surface area contributed by atoms with Crippen LogP contribution >= 0.6 is 69.6 Å². The summed E-state index contributed by atoms with van der Waals surface area (Å²) in [6.45, 7) is 16.0. The molecule has 0 spiro atoms. The molecule has 0 saturated heterocycles. The van der Waals surface area contributed by atoms with Crippen LogP contribution in [0.2, 0.25) is 30.1 Å². The third-order valence-corrected chi connectivity index (χ3v) is 10.2. The van der Waals surface area contributed by atoms with E-state index < -0.39 is 46.5 Å². The van der Waals surface area contributed by atoms with Crippen molar-refractivity contribution in [3.63, 3.8) is 0 Å². The highest BCUT2D eigenvalue weighted by atomic mass is 35.5. The number of carbonyl (C=O) groups excluding carboxylic acids is 4. The molecule has 0 radical (unpaired) electrons. The fourth-order valence-electron chi connectivity index (χ4n) is 4.17. The van der Waals surface area contributed by atoms with E-state index in [1.165, 1.54) is 0 Å². The molecule has 0 heterocycles. The SMILES string of the molecule is CC(C)C(C)C(C)COC(=O)c1c(Cl)c(Cl)cc(Cl)c1OC(=O)C(=O)Oc1c(Cl)cc(Cl)c(Cl)c1C(=O)OCC(C)C(C)C(C)C. The largest absolute Gasteiger partial charge is 0.462 e. The fourth-order valence-corrected chi connectivity index (χ4v) is 5.60. The van der Waals surface area contributed by atoms with Crippen molar-refractivity contribution in [3.8, 4) is 11.5 Å². The fraction of sp³-hybridized carbons (Fsp3) is 0.500. The average molecular weight is 761 g/mol. The second-order valence-corrected chi connectivity index (χ2v) is 14.2. The van der Waals surface area contributed by atoms with Crippen LogP contribution in [0, 0.1) is 35.5 Å². The van der Waals surface area contributed by atoms with Crippen molar-refractivity contribution in [3.05, 3.63) is 53.4 Å². The summed E-state index contributed by atoms with van der Waals surface area (Å²) in [5.41, 5.74) is -0.961. The smallest absolute Gasteiger partial charge is 0.423 e. The van der Waals surface area contributed by atoms with Gasteiger partial charge in [-0.05, 0) is 47.6 Å². The Morgan fingerprint density at radius 2 is 0.848 bits per heavy atom. The first kappa shape index (κ1) is 40.2. The van der Waals surface area contributed by atoms with Crippen LogP contribution in [-0.4, -0.2) is 37.1 Å². The molecule has 0 fully saturated rings. The Kier molecular flexibility index (Phi) is 15.3. The van der Waals surface area contributed by atoms with Crippen molar-refractivity contribution in [2.75, 3.05) is 13.2 Å². The molecule has 4 atom stereocenters. The molecule has 0 aliphatic rings. The third-order valence-electron chi connectivity index (χ3n) is 8.07. The highest BCUT2D eigenvalue weighted by Gasteiger charge is 2.33. The van der Waals surface area contributed by atoms with Gasteiger partial charge < -0.3 is 18.9 Å². The van der Waals surface area contributed by atoms with Crippen LogP contribution in [0.4, 0.5) is 0 Å². The molecule has 2 rings (SSSR count). The Labute approximate surface area is 299 Å². The van der Waals surface area contributed by atoms with Gasteiger partial charge in [-0.15, -0.1) is 0 Å². The molecule has 8 nitrogen and oxygen atoms in total. The lowest BCUT2D eigenvalue weighted by Gasteiger charge is -2.23. The molecular formula is C32H36Cl6O8. The predicted molar refractivity (Wildman–Crippen MR) is 181 cm³/mol. The lowest BCUT2D eigenvalue weighted by atomic mass is 9.87. The van der Waals surface area contributed by atoms with Gasteiger partial charge in [0.1, 0.15) is 11.1 Å². The predicted octanol–water partition coefficient (Wildman–Crippen LogP) is 10.3. The maximum Gasteiger partial charge on any atom is 0.423 e. The minimum absolute atomic E-state index is 0.0118. The molecule has 0 amide bonds. The van der Waals surface area contributed by atoms with Crippen molar-refractivity contribution >= 4 is 93.5 Å². The number of ether oxygens (including phenoxy) is 4. The van der Waals surface area contributed by atoms with Crippen molar-refractivity contribution < 1.29 is 38.1 Å². The average Bonchev–Trinajstić information content (AvgIpc) is 2.98. The molecule has 0 aromatic heterocycles. The lowest BCUT2D eigenvalue weighted by Crippen LogP contribution is -2.28. The number of benzene rings is 2. The molecule has 14 heteroatoms. The van der Waals surface area contributed by atoms with Gasteiger partial charge in [0.2, 0.25) is 0 Å². The summed E-state index contributed by atoms with van der Waals surface area (Å²) in [5.74, 6) is -5.49. The van der Waals surface area contributed by atoms with Crippen molar-refractivity contribution in [2.45, 2.75) is 55.4 Å². The maximum atomic E-state index is 13.1. The Balaban J connectivity index is 2.37. The minimum Gasteiger partial charge on any atom is -0.462 e. The van der Waals surface area contributed by atoms with E-state index in [0.29, 0.717) is 11.8 Å². The van der Waals surface area contributed by atoms with Gasteiger partial charge in [-0.2, -0.15) is 0 Å². The van der Waals surface area contributed by atoms with Gasteiger partial charge >= 0.3 is 23.9 Å². The Morgan fingerprint density at radius 1 is 0.543 bits per heavy atom. The lowest BCUT2D eigenvalue weighted by molar-refractivity contribution is -0.156. The topological polar surface area (TPSA) is 105 Å². The van der Waals surface area contributed by atoms with E-state index in [9.17, 15) is 19.2 Å². The third kappa shape index (κ3) is 10.0. The van der Waals surface area contributed by atoms with Crippen LogP contribution in [-0.2, 0) is 19.1 Å². The van der Waals surface area contributed by atoms with E-state index in [1.54, 1.807) is 0 Å². The summed E-state index contributed by atoms with van der Waals surface area (Å²) in [7, 11) is 0. The molecule has 0 aliphatic heterocycles. The zero-order chi connectivity index (χ0) is 35.2. The standard InChI is InChI=1S/C32H36Cl6O8/c1-13(2)17(7)15(5)11-43-29(39)23-25(37)19(33)9-21(35)27(23)45-31(41)32(42)46-28-22(36)10-20(34)26(38)24(28)30(40)44-12-16(6)18(8)14(3)4/h9-10,13-18H,11-12H2,1-8H3. The summed E-state index contributed by atoms with van der Waals surface area (Å²) < 4.78 is 21.2. The molecule has 0 aliphatic carbocycles. The van der Waals surface area contributed by atoms with Gasteiger partial charge in [0.05, 0.1) is 43.3 Å². The number of rotatable bonds is 12. The molecular weight excluding hydrogens is 725 g/mol. The Morgan fingerprint density at radius 3 is 1.13 bits per heavy atom. The van der Waals surface area contributed by atoms with E-state index in [1.807, 2.05) is 55.4 Å². The Hall–Kier alpha value is -1.94. The van der Waals surface area contributed by atoms with Crippen LogP contribution < -0.4 is 9.47 Å². The highest BCUT2D eigenvalue weighted by Crippen LogP contribution is 2.42. The van der Waals surface area contributed by atoms with Gasteiger partial charge in [0.15, 0.2) is 11.5 Å². The van der Waals surface area contributed by atoms with E-state index in [-0.39, 0.29) is 67.0 Å². The maximum absolute atomic E-state index is 13.1. The first-order chi connectivity index (χ1) is 21.3. The van der Waals surface area contributed by atoms with Gasteiger partial charge in [-0.1, -0.05) is 125 Å². The molecule has 0 bridgehead atoms. The number of esters is 4. The summed E-state index contributed by atoms with van der Waals surface area (Å²) in [4.78, 5) is 52.2. The van der Waals surface area contributed by atoms with Crippen LogP contribution in [0.3, 0.4) is 0 Å². The quantitative estimate of drug-likeness (QED) is 0.0911. The van der Waals surface area contributed by atoms with Crippen LogP contribution in [0.1, 0.15) is 76.1 Å². The summed E-state index contributed by atoms with van der Waals surface area (Å²) in [5, 5.41) is -1.56. The molecule has 2 aromatic rings. The summed E-state index contributed by atoms with van der Waals surface area (Å²) in [6.07, 6.45) is 0. The van der Waals surface area contributed by atoms with Gasteiger partial charge in [0.25, 0.3) is 0 Å². The van der Waals surface area contributed by atoms with E-state index in [4.69, 9.17) is 88.6 Å². The minimum atomic E-state index is -1.66. The van der Waals surface area contributed by atoms with Crippen molar-refractivity contribution in [2.24, 2.45) is 35.5 Å². The molecule has 254 valence electrons. The van der Waals surface area contributed by atoms with Gasteiger partial charge in [-0.25, -0.2) is 19.2 Å². The zero-order valence-corrected chi connectivity index (χ0v) is 31.1. The number of carbonyl (C=O) groups is 4. The Bertz CT molecular complexity index is 1370. The van der Waals surface area contributed by atoms with Gasteiger partial charge in [0, 0.05) is 0 Å². The van der Waals surface area contributed by atoms with E-state index in [2.05, 4.69) is 0 Å². The second kappa shape index (κ2) is 17.5. The number of halogens is 6. The highest BCUT2D eigenvalue weighted by molar-refractivity contribution is 6.47. The van der Waals surface area contributed by atoms with E-state index >= 15 is 0 Å². The molecule has 4 unspecified atom stereocenters. The van der Waals surface area contributed by atoms with Crippen LogP contribution in [0.5, 0.6) is 11.5 Å². The molecule has 0 saturated carbocycles. The first-order valence-corrected chi connectivity index (χ1v) is 16.7. The van der Waals surface area contributed by atoms with Crippen molar-refractivity contribution in [1.29, 1.82) is 0 Å². The molecule has 46 heavy (non-hydrogen) atoms. The molecule has 2 aromatic carbocycles. The normalized spacial score (nSPS) is 14.0.